The molecule has 0 unspecified atom stereocenters. The van der Waals surface area contributed by atoms with Gasteiger partial charge in [0, 0.05) is 33.4 Å². The van der Waals surface area contributed by atoms with Gasteiger partial charge in [0.15, 0.2) is 0 Å². The van der Waals surface area contributed by atoms with Gasteiger partial charge in [-0.1, -0.05) is 170 Å². The van der Waals surface area contributed by atoms with E-state index >= 15 is 0 Å². The molecular weight excluding hydrogens is 677 g/mol. The Hall–Kier alpha value is -7.42. The number of aromatic nitrogens is 1. The molecule has 264 valence electrons. The largest absolute Gasteiger partial charge is 0.310 e. The number of benzene rings is 9. The van der Waals surface area contributed by atoms with Crippen molar-refractivity contribution in [2.45, 2.75) is 0 Å². The topological polar surface area (TPSA) is 8.17 Å². The van der Waals surface area contributed by atoms with Gasteiger partial charge in [0.25, 0.3) is 0 Å². The molecule has 0 saturated carbocycles. The van der Waals surface area contributed by atoms with E-state index in [1.54, 1.807) is 0 Å². The summed E-state index contributed by atoms with van der Waals surface area (Å²) < 4.78 is 2.43. The van der Waals surface area contributed by atoms with Gasteiger partial charge in [-0.3, -0.25) is 0 Å². The van der Waals surface area contributed by atoms with Gasteiger partial charge < -0.3 is 9.47 Å². The van der Waals surface area contributed by atoms with Crippen LogP contribution in [0.1, 0.15) is 0 Å². The van der Waals surface area contributed by atoms with Crippen LogP contribution in [0.5, 0.6) is 0 Å². The molecule has 9 aromatic carbocycles. The summed E-state index contributed by atoms with van der Waals surface area (Å²) in [5.41, 5.74) is 16.3. The molecule has 0 bridgehead atoms. The second-order valence-corrected chi connectivity index (χ2v) is 14.2. The van der Waals surface area contributed by atoms with Crippen molar-refractivity contribution in [3.05, 3.63) is 231 Å². The Morgan fingerprint density at radius 3 is 1.29 bits per heavy atom. The number of hydrogen-bond acceptors (Lipinski definition) is 1. The van der Waals surface area contributed by atoms with Gasteiger partial charge >= 0.3 is 0 Å². The van der Waals surface area contributed by atoms with E-state index in [0.29, 0.717) is 0 Å². The van der Waals surface area contributed by atoms with Crippen LogP contribution in [-0.4, -0.2) is 4.57 Å². The van der Waals surface area contributed by atoms with E-state index in [1.165, 1.54) is 55.2 Å². The van der Waals surface area contributed by atoms with Crippen molar-refractivity contribution in [2.24, 2.45) is 0 Å². The smallest absolute Gasteiger partial charge is 0.0542 e. The predicted molar refractivity (Wildman–Crippen MR) is 237 cm³/mol. The molecule has 56 heavy (non-hydrogen) atoms. The zero-order valence-electron chi connectivity index (χ0n) is 30.8. The van der Waals surface area contributed by atoms with Crippen LogP contribution in [0.2, 0.25) is 0 Å². The maximum Gasteiger partial charge on any atom is 0.0542 e. The van der Waals surface area contributed by atoms with Gasteiger partial charge in [-0.25, -0.2) is 0 Å². The third-order valence-electron chi connectivity index (χ3n) is 10.8. The first kappa shape index (κ1) is 33.2. The summed E-state index contributed by atoms with van der Waals surface area (Å²) in [7, 11) is 0. The fraction of sp³-hybridized carbons (Fsp3) is 0. The lowest BCUT2D eigenvalue weighted by molar-refractivity contribution is 1.17. The standard InChI is InChI=1S/C54H38N2/c1-4-16-39(17-5-1)43-22-14-23-44(36-43)41-30-32-46(33-31-41)55(47-25-15-24-45(37-47)40-18-6-2-7-19-40)48-34-35-54(51(38-48)42-20-8-3-9-21-42)56-52-28-12-10-26-49(52)50-27-11-13-29-53(50)56/h1-38H. The van der Waals surface area contributed by atoms with Gasteiger partial charge in [0.05, 0.1) is 16.7 Å². The van der Waals surface area contributed by atoms with Crippen LogP contribution in [0.15, 0.2) is 231 Å². The van der Waals surface area contributed by atoms with Crippen LogP contribution in [0.25, 0.3) is 72.0 Å². The Bertz CT molecular complexity index is 2890. The molecule has 1 aromatic heterocycles. The number of rotatable bonds is 8. The molecule has 0 N–H and O–H groups in total. The van der Waals surface area contributed by atoms with Crippen molar-refractivity contribution in [3.63, 3.8) is 0 Å². The summed E-state index contributed by atoms with van der Waals surface area (Å²) in [6.07, 6.45) is 0. The molecule has 0 aliphatic carbocycles. The Kier molecular flexibility index (Phi) is 8.55. The zero-order chi connectivity index (χ0) is 37.3. The molecule has 0 aliphatic rings. The maximum absolute atomic E-state index is 2.43. The Morgan fingerprint density at radius 2 is 0.696 bits per heavy atom. The first-order valence-electron chi connectivity index (χ1n) is 19.2. The minimum atomic E-state index is 1.08. The Balaban J connectivity index is 1.15. The van der Waals surface area contributed by atoms with Crippen molar-refractivity contribution in [1.82, 2.24) is 4.57 Å². The van der Waals surface area contributed by atoms with Gasteiger partial charge in [-0.2, -0.15) is 0 Å². The minimum absolute atomic E-state index is 1.08. The first-order chi connectivity index (χ1) is 27.8. The first-order valence-corrected chi connectivity index (χ1v) is 19.2. The molecule has 1 heterocycles. The molecule has 10 aromatic rings. The molecule has 0 radical (unpaired) electrons. The van der Waals surface area contributed by atoms with Crippen LogP contribution in [-0.2, 0) is 0 Å². The summed E-state index contributed by atoms with van der Waals surface area (Å²) in [6.45, 7) is 0. The maximum atomic E-state index is 2.43. The van der Waals surface area contributed by atoms with Crippen LogP contribution < -0.4 is 4.90 Å². The molecule has 0 amide bonds. The van der Waals surface area contributed by atoms with Crippen molar-refractivity contribution in [1.29, 1.82) is 0 Å². The van der Waals surface area contributed by atoms with Crippen molar-refractivity contribution >= 4 is 38.9 Å². The number of anilines is 3. The van der Waals surface area contributed by atoms with E-state index in [4.69, 9.17) is 0 Å². The highest BCUT2D eigenvalue weighted by Crippen LogP contribution is 2.42. The SMILES string of the molecule is c1ccc(-c2cccc(-c3ccc(N(c4cccc(-c5ccccc5)c4)c4ccc(-n5c6ccccc6c6ccccc65)c(-c5ccccc5)c4)cc3)c2)cc1. The number of hydrogen-bond donors (Lipinski definition) is 0. The van der Waals surface area contributed by atoms with E-state index in [9.17, 15) is 0 Å². The van der Waals surface area contributed by atoms with E-state index in [2.05, 4.69) is 240 Å². The fourth-order valence-electron chi connectivity index (χ4n) is 8.10. The summed E-state index contributed by atoms with van der Waals surface area (Å²) in [4.78, 5) is 2.39. The number of fused-ring (bicyclic) bond motifs is 3. The van der Waals surface area contributed by atoms with Crippen LogP contribution in [0, 0.1) is 0 Å². The third-order valence-corrected chi connectivity index (χ3v) is 10.8. The second kappa shape index (κ2) is 14.4. The Morgan fingerprint density at radius 1 is 0.268 bits per heavy atom. The van der Waals surface area contributed by atoms with E-state index in [-0.39, 0.29) is 0 Å². The van der Waals surface area contributed by atoms with Gasteiger partial charge in [-0.15, -0.1) is 0 Å². The molecule has 0 spiro atoms. The lowest BCUT2D eigenvalue weighted by atomic mass is 9.98. The van der Waals surface area contributed by atoms with Gasteiger partial charge in [0.1, 0.15) is 0 Å². The number of nitrogens with zero attached hydrogens (tertiary/aromatic N) is 2. The van der Waals surface area contributed by atoms with E-state index < -0.39 is 0 Å². The number of para-hydroxylation sites is 2. The highest BCUT2D eigenvalue weighted by molar-refractivity contribution is 6.10. The molecule has 10 rings (SSSR count). The van der Waals surface area contributed by atoms with Crippen molar-refractivity contribution in [3.8, 4) is 50.2 Å². The van der Waals surface area contributed by atoms with Crippen molar-refractivity contribution in [2.75, 3.05) is 4.90 Å². The zero-order valence-corrected chi connectivity index (χ0v) is 30.8. The molecule has 0 fully saturated rings. The van der Waals surface area contributed by atoms with Gasteiger partial charge in [0.2, 0.25) is 0 Å². The summed E-state index contributed by atoms with van der Waals surface area (Å²) in [5, 5.41) is 2.50. The predicted octanol–water partition coefficient (Wildman–Crippen LogP) is 14.9. The lowest BCUT2D eigenvalue weighted by Crippen LogP contribution is -2.11. The fourth-order valence-corrected chi connectivity index (χ4v) is 8.10. The highest BCUT2D eigenvalue weighted by atomic mass is 15.1. The van der Waals surface area contributed by atoms with Crippen LogP contribution >= 0.6 is 0 Å². The molecular formula is C54H38N2. The monoisotopic (exact) mass is 714 g/mol. The molecule has 2 nitrogen and oxygen atoms in total. The van der Waals surface area contributed by atoms with Crippen LogP contribution in [0.3, 0.4) is 0 Å². The quantitative estimate of drug-likeness (QED) is 0.152. The second-order valence-electron chi connectivity index (χ2n) is 14.2. The normalized spacial score (nSPS) is 11.2. The molecule has 0 aliphatic heterocycles. The average Bonchev–Trinajstić information content (AvgIpc) is 3.62. The van der Waals surface area contributed by atoms with E-state index in [0.717, 1.165) is 33.9 Å². The minimum Gasteiger partial charge on any atom is -0.310 e. The summed E-state index contributed by atoms with van der Waals surface area (Å²) in [6, 6.07) is 83.1. The molecule has 0 atom stereocenters. The summed E-state index contributed by atoms with van der Waals surface area (Å²) >= 11 is 0. The third kappa shape index (κ3) is 6.14. The van der Waals surface area contributed by atoms with Crippen molar-refractivity contribution < 1.29 is 0 Å². The van der Waals surface area contributed by atoms with Crippen LogP contribution in [0.4, 0.5) is 17.1 Å². The van der Waals surface area contributed by atoms with E-state index in [1.807, 2.05) is 0 Å². The Labute approximate surface area is 327 Å². The summed E-state index contributed by atoms with van der Waals surface area (Å²) in [5.74, 6) is 0. The molecule has 0 saturated heterocycles. The highest BCUT2D eigenvalue weighted by Gasteiger charge is 2.20. The lowest BCUT2D eigenvalue weighted by Gasteiger charge is -2.28. The average molecular weight is 715 g/mol. The van der Waals surface area contributed by atoms with Gasteiger partial charge in [-0.05, 0) is 99.6 Å². The molecule has 2 heteroatoms.